The maximum Gasteiger partial charge on any atom is 0.222 e. The number of rotatable bonds is 6. The summed E-state index contributed by atoms with van der Waals surface area (Å²) < 4.78 is 7.82. The number of carbonyl (C=O) groups excluding carboxylic acids is 1. The first-order valence-electron chi connectivity index (χ1n) is 9.67. The van der Waals surface area contributed by atoms with Crippen molar-refractivity contribution in [3.63, 3.8) is 0 Å². The molecule has 1 aromatic carbocycles. The summed E-state index contributed by atoms with van der Waals surface area (Å²) in [6, 6.07) is 12.5. The van der Waals surface area contributed by atoms with Gasteiger partial charge in [0.25, 0.3) is 0 Å². The highest BCUT2D eigenvalue weighted by molar-refractivity contribution is 5.76. The van der Waals surface area contributed by atoms with Crippen molar-refractivity contribution in [2.75, 3.05) is 26.2 Å². The van der Waals surface area contributed by atoms with Crippen molar-refractivity contribution in [3.05, 3.63) is 53.3 Å². The van der Waals surface area contributed by atoms with Gasteiger partial charge in [0.1, 0.15) is 0 Å². The zero-order valence-electron chi connectivity index (χ0n) is 15.6. The minimum absolute atomic E-state index is 0.0191. The van der Waals surface area contributed by atoms with Crippen LogP contribution in [0, 0.1) is 0 Å². The summed E-state index contributed by atoms with van der Waals surface area (Å²) in [4.78, 5) is 14.7. The standard InChI is InChI=1S/C20H27N5O2/c26-20(22-12-17-10-18-13-21-6-7-25(18)23-17)11-19-15-24(8-9-27-19)14-16-4-2-1-3-5-16/h1-5,10,19,21H,6-9,11-15H2,(H,22,26). The molecule has 7 nitrogen and oxygen atoms in total. The van der Waals surface area contributed by atoms with Gasteiger partial charge < -0.3 is 15.4 Å². The van der Waals surface area contributed by atoms with Gasteiger partial charge in [0.05, 0.1) is 43.6 Å². The molecule has 1 aromatic heterocycles. The van der Waals surface area contributed by atoms with Gasteiger partial charge in [-0.25, -0.2) is 0 Å². The summed E-state index contributed by atoms with van der Waals surface area (Å²) >= 11 is 0. The first-order valence-corrected chi connectivity index (χ1v) is 9.67. The highest BCUT2D eigenvalue weighted by atomic mass is 16.5. The Morgan fingerprint density at radius 2 is 2.19 bits per heavy atom. The van der Waals surface area contributed by atoms with E-state index in [9.17, 15) is 4.79 Å². The van der Waals surface area contributed by atoms with Gasteiger partial charge in [-0.05, 0) is 11.6 Å². The second-order valence-corrected chi connectivity index (χ2v) is 7.22. The molecule has 2 aliphatic heterocycles. The van der Waals surface area contributed by atoms with Crippen LogP contribution in [0.5, 0.6) is 0 Å². The molecule has 0 saturated carbocycles. The Hall–Kier alpha value is -2.22. The van der Waals surface area contributed by atoms with Gasteiger partial charge in [-0.2, -0.15) is 5.10 Å². The fraction of sp³-hybridized carbons (Fsp3) is 0.500. The third-order valence-corrected chi connectivity index (χ3v) is 5.07. The predicted molar refractivity (Wildman–Crippen MR) is 102 cm³/mol. The Bertz CT molecular complexity index is 737. The molecule has 0 spiro atoms. The largest absolute Gasteiger partial charge is 0.375 e. The number of aromatic nitrogens is 2. The van der Waals surface area contributed by atoms with Crippen LogP contribution in [0.1, 0.15) is 23.4 Å². The molecule has 2 N–H and O–H groups in total. The molecule has 144 valence electrons. The van der Waals surface area contributed by atoms with E-state index in [1.165, 1.54) is 11.3 Å². The Kier molecular flexibility index (Phi) is 5.81. The molecule has 4 rings (SSSR count). The van der Waals surface area contributed by atoms with Crippen LogP contribution in [0.3, 0.4) is 0 Å². The maximum absolute atomic E-state index is 12.3. The van der Waals surface area contributed by atoms with E-state index in [1.54, 1.807) is 0 Å². The summed E-state index contributed by atoms with van der Waals surface area (Å²) in [5, 5.41) is 10.9. The fourth-order valence-corrected chi connectivity index (χ4v) is 3.70. The van der Waals surface area contributed by atoms with Crippen molar-refractivity contribution in [3.8, 4) is 0 Å². The van der Waals surface area contributed by atoms with Crippen LogP contribution in [-0.4, -0.2) is 52.9 Å². The summed E-state index contributed by atoms with van der Waals surface area (Å²) in [7, 11) is 0. The molecule has 7 heteroatoms. The zero-order valence-corrected chi connectivity index (χ0v) is 15.6. The topological polar surface area (TPSA) is 71.4 Å². The second kappa shape index (κ2) is 8.65. The van der Waals surface area contributed by atoms with Crippen molar-refractivity contribution < 1.29 is 9.53 Å². The number of nitrogens with one attached hydrogen (secondary N) is 2. The fourth-order valence-electron chi connectivity index (χ4n) is 3.70. The summed E-state index contributed by atoms with van der Waals surface area (Å²) in [6.07, 6.45) is 0.335. The molecule has 1 amide bonds. The lowest BCUT2D eigenvalue weighted by Crippen LogP contribution is -2.44. The molecule has 1 fully saturated rings. The van der Waals surface area contributed by atoms with Crippen molar-refractivity contribution in [2.24, 2.45) is 0 Å². The molecule has 0 aliphatic carbocycles. The molecule has 1 unspecified atom stereocenters. The Morgan fingerprint density at radius 1 is 1.30 bits per heavy atom. The maximum atomic E-state index is 12.3. The molecule has 1 saturated heterocycles. The van der Waals surface area contributed by atoms with Crippen molar-refractivity contribution >= 4 is 5.91 Å². The molecular weight excluding hydrogens is 342 g/mol. The summed E-state index contributed by atoms with van der Waals surface area (Å²) in [5.41, 5.74) is 3.39. The lowest BCUT2D eigenvalue weighted by atomic mass is 10.1. The van der Waals surface area contributed by atoms with E-state index in [0.717, 1.165) is 45.0 Å². The third kappa shape index (κ3) is 4.94. The van der Waals surface area contributed by atoms with Crippen LogP contribution >= 0.6 is 0 Å². The number of fused-ring (bicyclic) bond motifs is 1. The van der Waals surface area contributed by atoms with E-state index in [0.29, 0.717) is 19.6 Å². The molecule has 2 aromatic rings. The summed E-state index contributed by atoms with van der Waals surface area (Å²) in [6.45, 7) is 6.40. The van der Waals surface area contributed by atoms with Crippen molar-refractivity contribution in [1.82, 2.24) is 25.3 Å². The number of hydrogen-bond donors (Lipinski definition) is 2. The van der Waals surface area contributed by atoms with E-state index in [4.69, 9.17) is 4.74 Å². The van der Waals surface area contributed by atoms with Crippen molar-refractivity contribution in [1.29, 1.82) is 0 Å². The first kappa shape index (κ1) is 18.2. The molecule has 3 heterocycles. The molecule has 0 bridgehead atoms. The van der Waals surface area contributed by atoms with Crippen LogP contribution in [0.4, 0.5) is 0 Å². The van der Waals surface area contributed by atoms with E-state index in [-0.39, 0.29) is 12.0 Å². The molecule has 2 aliphatic rings. The Morgan fingerprint density at radius 3 is 3.04 bits per heavy atom. The number of carbonyl (C=O) groups is 1. The summed E-state index contributed by atoms with van der Waals surface area (Å²) in [5.74, 6) is 0.0191. The van der Waals surface area contributed by atoms with E-state index >= 15 is 0 Å². The normalized spacial score (nSPS) is 20.2. The number of benzene rings is 1. The number of nitrogens with zero attached hydrogens (tertiary/aromatic N) is 3. The monoisotopic (exact) mass is 369 g/mol. The molecule has 0 radical (unpaired) electrons. The molecular formula is C20H27N5O2. The average Bonchev–Trinajstić information content (AvgIpc) is 3.11. The van der Waals surface area contributed by atoms with Crippen LogP contribution in [0.25, 0.3) is 0 Å². The quantitative estimate of drug-likeness (QED) is 0.792. The van der Waals surface area contributed by atoms with Gasteiger partial charge >= 0.3 is 0 Å². The third-order valence-electron chi connectivity index (χ3n) is 5.07. The predicted octanol–water partition coefficient (Wildman–Crippen LogP) is 0.894. The minimum atomic E-state index is -0.0538. The number of hydrogen-bond acceptors (Lipinski definition) is 5. The van der Waals surface area contributed by atoms with Gasteiger partial charge in [0, 0.05) is 32.7 Å². The van der Waals surface area contributed by atoms with Gasteiger partial charge in [0.15, 0.2) is 0 Å². The Balaban J connectivity index is 1.23. The van der Waals surface area contributed by atoms with Crippen molar-refractivity contribution in [2.45, 2.75) is 38.7 Å². The van der Waals surface area contributed by atoms with Gasteiger partial charge in [0.2, 0.25) is 5.91 Å². The smallest absolute Gasteiger partial charge is 0.222 e. The highest BCUT2D eigenvalue weighted by Crippen LogP contribution is 2.13. The van der Waals surface area contributed by atoms with E-state index in [2.05, 4.69) is 51.0 Å². The lowest BCUT2D eigenvalue weighted by molar-refractivity contribution is -0.126. The van der Waals surface area contributed by atoms with Crippen LogP contribution in [0.2, 0.25) is 0 Å². The average molecular weight is 369 g/mol. The lowest BCUT2D eigenvalue weighted by Gasteiger charge is -2.32. The van der Waals surface area contributed by atoms with E-state index in [1.807, 2.05) is 10.7 Å². The van der Waals surface area contributed by atoms with Crippen LogP contribution in [-0.2, 0) is 35.7 Å². The molecule has 1 atom stereocenters. The number of morpholine rings is 1. The van der Waals surface area contributed by atoms with Crippen LogP contribution < -0.4 is 10.6 Å². The zero-order chi connectivity index (χ0) is 18.5. The van der Waals surface area contributed by atoms with E-state index < -0.39 is 0 Å². The second-order valence-electron chi connectivity index (χ2n) is 7.22. The van der Waals surface area contributed by atoms with Gasteiger partial charge in [-0.3, -0.25) is 14.4 Å². The molecule has 27 heavy (non-hydrogen) atoms. The highest BCUT2D eigenvalue weighted by Gasteiger charge is 2.23. The van der Waals surface area contributed by atoms with Crippen LogP contribution in [0.15, 0.2) is 36.4 Å². The number of ether oxygens (including phenoxy) is 1. The SMILES string of the molecule is O=C(CC1CN(Cc2ccccc2)CCO1)NCc1cc2n(n1)CCNC2. The Labute approximate surface area is 159 Å². The number of amides is 1. The van der Waals surface area contributed by atoms with Gasteiger partial charge in [-0.1, -0.05) is 30.3 Å². The minimum Gasteiger partial charge on any atom is -0.375 e. The first-order chi connectivity index (χ1) is 13.3. The van der Waals surface area contributed by atoms with Gasteiger partial charge in [-0.15, -0.1) is 0 Å².